The molecule has 1 aliphatic carbocycles. The maximum Gasteiger partial charge on any atom is 0.337 e. The van der Waals surface area contributed by atoms with E-state index in [0.29, 0.717) is 29.5 Å². The number of nitrogens with two attached hydrogens (primary N) is 1. The first-order valence-corrected chi connectivity index (χ1v) is 6.81. The van der Waals surface area contributed by atoms with E-state index in [1.165, 1.54) is 39.2 Å². The number of carbonyl (C=O) groups is 1. The van der Waals surface area contributed by atoms with Crippen molar-refractivity contribution in [3.63, 3.8) is 0 Å². The first kappa shape index (κ1) is 13.7. The average molecular weight is 263 g/mol. The molecule has 2 rings (SSSR count). The van der Waals surface area contributed by atoms with Crippen molar-refractivity contribution >= 4 is 11.7 Å². The van der Waals surface area contributed by atoms with E-state index < -0.39 is 0 Å². The van der Waals surface area contributed by atoms with E-state index >= 15 is 0 Å². The SMILES string of the molecule is COC(=O)c1ccc(OCC2CCCCC2)c(N)c1. The van der Waals surface area contributed by atoms with Gasteiger partial charge >= 0.3 is 5.97 Å². The second kappa shape index (κ2) is 6.45. The number of hydrogen-bond acceptors (Lipinski definition) is 4. The highest BCUT2D eigenvalue weighted by molar-refractivity contribution is 5.90. The summed E-state index contributed by atoms with van der Waals surface area (Å²) in [5.41, 5.74) is 6.83. The molecule has 0 heterocycles. The maximum absolute atomic E-state index is 11.4. The first-order valence-electron chi connectivity index (χ1n) is 6.81. The predicted octanol–water partition coefficient (Wildman–Crippen LogP) is 3.01. The van der Waals surface area contributed by atoms with Crippen LogP contribution in [0.5, 0.6) is 5.75 Å². The molecule has 4 nitrogen and oxygen atoms in total. The van der Waals surface area contributed by atoms with E-state index in [2.05, 4.69) is 4.74 Å². The molecule has 1 aliphatic rings. The van der Waals surface area contributed by atoms with Crippen molar-refractivity contribution in [1.29, 1.82) is 0 Å². The summed E-state index contributed by atoms with van der Waals surface area (Å²) in [5, 5.41) is 0. The van der Waals surface area contributed by atoms with Crippen molar-refractivity contribution in [1.82, 2.24) is 0 Å². The number of hydrogen-bond donors (Lipinski definition) is 1. The Bertz CT molecular complexity index is 439. The number of benzene rings is 1. The van der Waals surface area contributed by atoms with Gasteiger partial charge in [-0.2, -0.15) is 0 Å². The van der Waals surface area contributed by atoms with Gasteiger partial charge in [0.1, 0.15) is 5.75 Å². The molecule has 19 heavy (non-hydrogen) atoms. The Balaban J connectivity index is 1.95. The zero-order valence-corrected chi connectivity index (χ0v) is 11.4. The summed E-state index contributed by atoms with van der Waals surface area (Å²) in [6.07, 6.45) is 6.41. The van der Waals surface area contributed by atoms with Crippen LogP contribution in [0.2, 0.25) is 0 Å². The third-order valence-electron chi connectivity index (χ3n) is 3.63. The fourth-order valence-electron chi connectivity index (χ4n) is 2.49. The lowest BCUT2D eigenvalue weighted by atomic mass is 9.90. The molecule has 1 aromatic rings. The Morgan fingerprint density at radius 2 is 2.05 bits per heavy atom. The van der Waals surface area contributed by atoms with Crippen molar-refractivity contribution in [3.05, 3.63) is 23.8 Å². The lowest BCUT2D eigenvalue weighted by Gasteiger charge is -2.22. The summed E-state index contributed by atoms with van der Waals surface area (Å²) in [5.74, 6) is 0.900. The second-order valence-electron chi connectivity index (χ2n) is 5.06. The number of methoxy groups -OCH3 is 1. The number of ether oxygens (including phenoxy) is 2. The van der Waals surface area contributed by atoms with Crippen LogP contribution in [0.3, 0.4) is 0 Å². The summed E-state index contributed by atoms with van der Waals surface area (Å²) >= 11 is 0. The van der Waals surface area contributed by atoms with Gasteiger partial charge in [0.05, 0.1) is 25.0 Å². The van der Waals surface area contributed by atoms with Crippen LogP contribution < -0.4 is 10.5 Å². The molecular formula is C15H21NO3. The number of nitrogen functional groups attached to an aromatic ring is 1. The minimum absolute atomic E-state index is 0.384. The van der Waals surface area contributed by atoms with Crippen molar-refractivity contribution in [2.24, 2.45) is 5.92 Å². The summed E-state index contributed by atoms with van der Waals surface area (Å²) in [6.45, 7) is 0.710. The highest BCUT2D eigenvalue weighted by Gasteiger charge is 2.15. The van der Waals surface area contributed by atoms with Crippen LogP contribution >= 0.6 is 0 Å². The molecular weight excluding hydrogens is 242 g/mol. The molecule has 0 spiro atoms. The van der Waals surface area contributed by atoms with Gasteiger partial charge in [-0.3, -0.25) is 0 Å². The molecule has 1 fully saturated rings. The molecule has 0 saturated heterocycles. The average Bonchev–Trinajstić information content (AvgIpc) is 2.46. The van der Waals surface area contributed by atoms with E-state index in [-0.39, 0.29) is 5.97 Å². The van der Waals surface area contributed by atoms with Gasteiger partial charge < -0.3 is 15.2 Å². The molecule has 0 aromatic heterocycles. The van der Waals surface area contributed by atoms with Crippen LogP contribution in [0.4, 0.5) is 5.69 Å². The lowest BCUT2D eigenvalue weighted by molar-refractivity contribution is 0.0600. The number of rotatable bonds is 4. The van der Waals surface area contributed by atoms with E-state index in [1.807, 2.05) is 0 Å². The van der Waals surface area contributed by atoms with Gasteiger partial charge in [0, 0.05) is 0 Å². The summed E-state index contributed by atoms with van der Waals surface area (Å²) in [7, 11) is 1.35. The van der Waals surface area contributed by atoms with Crippen molar-refractivity contribution in [3.8, 4) is 5.75 Å². The van der Waals surface area contributed by atoms with Crippen LogP contribution in [0.1, 0.15) is 42.5 Å². The van der Waals surface area contributed by atoms with Gasteiger partial charge in [0.25, 0.3) is 0 Å². The predicted molar refractivity (Wildman–Crippen MR) is 74.3 cm³/mol. The Kier molecular flexibility index (Phi) is 4.66. The van der Waals surface area contributed by atoms with Gasteiger partial charge in [-0.1, -0.05) is 19.3 Å². The van der Waals surface area contributed by atoms with Crippen molar-refractivity contribution in [2.75, 3.05) is 19.5 Å². The molecule has 1 aromatic carbocycles. The van der Waals surface area contributed by atoms with Gasteiger partial charge in [-0.05, 0) is 37.0 Å². The molecule has 2 N–H and O–H groups in total. The molecule has 0 atom stereocenters. The topological polar surface area (TPSA) is 61.5 Å². The Morgan fingerprint density at radius 3 is 2.68 bits per heavy atom. The summed E-state index contributed by atoms with van der Waals surface area (Å²) in [4.78, 5) is 11.4. The Labute approximate surface area is 113 Å². The fraction of sp³-hybridized carbons (Fsp3) is 0.533. The molecule has 0 unspecified atom stereocenters. The third-order valence-corrected chi connectivity index (χ3v) is 3.63. The Hall–Kier alpha value is -1.71. The Morgan fingerprint density at radius 1 is 1.32 bits per heavy atom. The van der Waals surface area contributed by atoms with Crippen LogP contribution in [0, 0.1) is 5.92 Å². The normalized spacial score (nSPS) is 16.1. The minimum atomic E-state index is -0.384. The van der Waals surface area contributed by atoms with Crippen LogP contribution in [-0.2, 0) is 4.74 Å². The number of anilines is 1. The molecule has 0 amide bonds. The van der Waals surface area contributed by atoms with E-state index in [1.54, 1.807) is 18.2 Å². The van der Waals surface area contributed by atoms with E-state index in [9.17, 15) is 4.79 Å². The van der Waals surface area contributed by atoms with Crippen LogP contribution in [-0.4, -0.2) is 19.7 Å². The molecule has 0 aliphatic heterocycles. The molecule has 0 bridgehead atoms. The maximum atomic E-state index is 11.4. The highest BCUT2D eigenvalue weighted by Crippen LogP contribution is 2.27. The van der Waals surface area contributed by atoms with Gasteiger partial charge in [-0.25, -0.2) is 4.79 Å². The standard InChI is InChI=1S/C15H21NO3/c1-18-15(17)12-7-8-14(13(16)9-12)19-10-11-5-3-2-4-6-11/h7-9,11H,2-6,10,16H2,1H3. The van der Waals surface area contributed by atoms with E-state index in [4.69, 9.17) is 10.5 Å². The minimum Gasteiger partial charge on any atom is -0.491 e. The van der Waals surface area contributed by atoms with Crippen LogP contribution in [0.25, 0.3) is 0 Å². The number of carbonyl (C=O) groups excluding carboxylic acids is 1. The molecule has 104 valence electrons. The molecule has 4 heteroatoms. The second-order valence-corrected chi connectivity index (χ2v) is 5.06. The summed E-state index contributed by atoms with van der Waals surface area (Å²) in [6, 6.07) is 5.02. The van der Waals surface area contributed by atoms with Gasteiger partial charge in [-0.15, -0.1) is 0 Å². The zero-order chi connectivity index (χ0) is 13.7. The van der Waals surface area contributed by atoms with Gasteiger partial charge in [0.2, 0.25) is 0 Å². The van der Waals surface area contributed by atoms with Crippen molar-refractivity contribution in [2.45, 2.75) is 32.1 Å². The van der Waals surface area contributed by atoms with E-state index in [0.717, 1.165) is 0 Å². The highest BCUT2D eigenvalue weighted by atomic mass is 16.5. The first-order chi connectivity index (χ1) is 9.20. The fourth-order valence-corrected chi connectivity index (χ4v) is 2.49. The monoisotopic (exact) mass is 263 g/mol. The summed E-state index contributed by atoms with van der Waals surface area (Å²) < 4.78 is 10.4. The largest absolute Gasteiger partial charge is 0.491 e. The zero-order valence-electron chi connectivity index (χ0n) is 11.4. The van der Waals surface area contributed by atoms with Crippen molar-refractivity contribution < 1.29 is 14.3 Å². The van der Waals surface area contributed by atoms with Crippen LogP contribution in [0.15, 0.2) is 18.2 Å². The molecule has 0 radical (unpaired) electrons. The quantitative estimate of drug-likeness (QED) is 0.670. The third kappa shape index (κ3) is 3.63. The van der Waals surface area contributed by atoms with Gasteiger partial charge in [0.15, 0.2) is 0 Å². The number of esters is 1. The lowest BCUT2D eigenvalue weighted by Crippen LogP contribution is -2.15. The molecule has 1 saturated carbocycles. The smallest absolute Gasteiger partial charge is 0.337 e.